The number of carbonyl (C=O) groups is 1. The smallest absolute Gasteiger partial charge is 0.340 e. The van der Waals surface area contributed by atoms with E-state index in [0.717, 1.165) is 18.2 Å². The number of hydrogen-bond donors (Lipinski definition) is 1. The van der Waals surface area contributed by atoms with Crippen LogP contribution in [0.4, 0.5) is 11.4 Å². The molecule has 1 saturated carbocycles. The number of carbonyl (C=O) groups excluding carboxylic acids is 1. The predicted octanol–water partition coefficient (Wildman–Crippen LogP) is 2.54. The molecule has 1 aromatic carbocycles. The van der Waals surface area contributed by atoms with Gasteiger partial charge in [-0.05, 0) is 37.3 Å². The number of hydrogen-bond acceptors (Lipinski definition) is 4. The summed E-state index contributed by atoms with van der Waals surface area (Å²) in [6, 6.07) is 5.39. The van der Waals surface area contributed by atoms with Crippen molar-refractivity contribution in [2.75, 3.05) is 30.8 Å². The number of anilines is 2. The van der Waals surface area contributed by atoms with Crippen molar-refractivity contribution in [3.8, 4) is 0 Å². The van der Waals surface area contributed by atoms with Crippen LogP contribution < -0.4 is 10.6 Å². The lowest BCUT2D eigenvalue weighted by atomic mass is 10.1. The third-order valence-corrected chi connectivity index (χ3v) is 3.73. The maximum absolute atomic E-state index is 12.0. The molecule has 0 aliphatic heterocycles. The van der Waals surface area contributed by atoms with Gasteiger partial charge in [-0.15, -0.1) is 0 Å². The zero-order chi connectivity index (χ0) is 14.0. The molecule has 2 atom stereocenters. The molecular weight excluding hydrogens is 240 g/mol. The van der Waals surface area contributed by atoms with Gasteiger partial charge in [0.05, 0.1) is 23.5 Å². The maximum Gasteiger partial charge on any atom is 0.340 e. The fourth-order valence-corrected chi connectivity index (χ4v) is 2.46. The summed E-state index contributed by atoms with van der Waals surface area (Å²) in [6.07, 6.45) is 1.26. The number of benzene rings is 1. The molecule has 1 aromatic rings. The summed E-state index contributed by atoms with van der Waals surface area (Å²) < 4.78 is 5.09. The summed E-state index contributed by atoms with van der Waals surface area (Å²) in [6.45, 7) is 5.36. The standard InChI is InChI=1S/C15H22N2O2/c1-4-19-15(18)12-6-5-7-13(16)14(12)17(3)9-11-8-10(11)2/h5-7,10-11H,4,8-9,16H2,1-3H3. The highest BCUT2D eigenvalue weighted by Gasteiger charge is 2.34. The second-order valence-corrected chi connectivity index (χ2v) is 5.32. The highest BCUT2D eigenvalue weighted by atomic mass is 16.5. The molecule has 2 unspecified atom stereocenters. The molecule has 1 aliphatic carbocycles. The summed E-state index contributed by atoms with van der Waals surface area (Å²) in [7, 11) is 1.99. The van der Waals surface area contributed by atoms with Crippen LogP contribution in [0.2, 0.25) is 0 Å². The average molecular weight is 262 g/mol. The zero-order valence-corrected chi connectivity index (χ0v) is 11.8. The molecule has 1 aliphatic rings. The molecule has 19 heavy (non-hydrogen) atoms. The van der Waals surface area contributed by atoms with Gasteiger partial charge in [0.1, 0.15) is 0 Å². The van der Waals surface area contributed by atoms with Gasteiger partial charge in [0.25, 0.3) is 0 Å². The molecule has 0 amide bonds. The highest BCUT2D eigenvalue weighted by molar-refractivity contribution is 5.99. The Morgan fingerprint density at radius 3 is 2.79 bits per heavy atom. The Kier molecular flexibility index (Phi) is 3.98. The largest absolute Gasteiger partial charge is 0.462 e. The van der Waals surface area contributed by atoms with E-state index in [1.807, 2.05) is 13.1 Å². The molecule has 0 saturated heterocycles. The Labute approximate surface area is 114 Å². The number of para-hydroxylation sites is 1. The lowest BCUT2D eigenvalue weighted by molar-refractivity contribution is 0.0527. The molecule has 0 aromatic heterocycles. The van der Waals surface area contributed by atoms with Crippen LogP contribution in [-0.2, 0) is 4.74 Å². The van der Waals surface area contributed by atoms with Gasteiger partial charge in [0.2, 0.25) is 0 Å². The molecular formula is C15H22N2O2. The maximum atomic E-state index is 12.0. The van der Waals surface area contributed by atoms with E-state index in [2.05, 4.69) is 11.8 Å². The highest BCUT2D eigenvalue weighted by Crippen LogP contribution is 2.40. The van der Waals surface area contributed by atoms with Crippen LogP contribution in [0.15, 0.2) is 18.2 Å². The molecule has 2 N–H and O–H groups in total. The Bertz CT molecular complexity index is 473. The summed E-state index contributed by atoms with van der Waals surface area (Å²) in [5.41, 5.74) is 8.01. The molecule has 2 rings (SSSR count). The average Bonchev–Trinajstić information content (AvgIpc) is 3.04. The quantitative estimate of drug-likeness (QED) is 0.654. The molecule has 0 spiro atoms. The van der Waals surface area contributed by atoms with Crippen molar-refractivity contribution in [3.63, 3.8) is 0 Å². The first-order valence-corrected chi connectivity index (χ1v) is 6.81. The topological polar surface area (TPSA) is 55.6 Å². The fraction of sp³-hybridized carbons (Fsp3) is 0.533. The van der Waals surface area contributed by atoms with E-state index in [-0.39, 0.29) is 5.97 Å². The molecule has 0 bridgehead atoms. The van der Waals surface area contributed by atoms with E-state index in [1.165, 1.54) is 6.42 Å². The van der Waals surface area contributed by atoms with E-state index in [4.69, 9.17) is 10.5 Å². The monoisotopic (exact) mass is 262 g/mol. The summed E-state index contributed by atoms with van der Waals surface area (Å²) in [4.78, 5) is 14.1. The number of nitrogens with two attached hydrogens (primary N) is 1. The predicted molar refractivity (Wildman–Crippen MR) is 77.4 cm³/mol. The van der Waals surface area contributed by atoms with Gasteiger partial charge in [-0.25, -0.2) is 4.79 Å². The van der Waals surface area contributed by atoms with E-state index in [9.17, 15) is 4.79 Å². The van der Waals surface area contributed by atoms with Crippen molar-refractivity contribution in [2.45, 2.75) is 20.3 Å². The zero-order valence-electron chi connectivity index (χ0n) is 11.8. The Balaban J connectivity index is 2.23. The summed E-state index contributed by atoms with van der Waals surface area (Å²) in [5, 5.41) is 0. The van der Waals surface area contributed by atoms with Crippen LogP contribution in [0, 0.1) is 11.8 Å². The van der Waals surface area contributed by atoms with E-state index in [1.54, 1.807) is 19.1 Å². The first-order chi connectivity index (χ1) is 9.04. The minimum atomic E-state index is -0.305. The minimum Gasteiger partial charge on any atom is -0.462 e. The van der Waals surface area contributed by atoms with Crippen LogP contribution in [0.3, 0.4) is 0 Å². The van der Waals surface area contributed by atoms with Gasteiger partial charge < -0.3 is 15.4 Å². The van der Waals surface area contributed by atoms with Crippen molar-refractivity contribution in [1.82, 2.24) is 0 Å². The fourth-order valence-electron chi connectivity index (χ4n) is 2.46. The van der Waals surface area contributed by atoms with Crippen molar-refractivity contribution < 1.29 is 9.53 Å². The molecule has 0 radical (unpaired) electrons. The number of nitrogens with zero attached hydrogens (tertiary/aromatic N) is 1. The number of rotatable bonds is 5. The minimum absolute atomic E-state index is 0.305. The molecule has 1 fully saturated rings. The van der Waals surface area contributed by atoms with Crippen LogP contribution in [-0.4, -0.2) is 26.2 Å². The lowest BCUT2D eigenvalue weighted by Gasteiger charge is -2.23. The Morgan fingerprint density at radius 1 is 1.53 bits per heavy atom. The van der Waals surface area contributed by atoms with Crippen molar-refractivity contribution in [1.29, 1.82) is 0 Å². The first kappa shape index (κ1) is 13.7. The van der Waals surface area contributed by atoms with Gasteiger partial charge >= 0.3 is 5.97 Å². The summed E-state index contributed by atoms with van der Waals surface area (Å²) in [5.74, 6) is 1.18. The molecule has 4 nitrogen and oxygen atoms in total. The van der Waals surface area contributed by atoms with Crippen LogP contribution in [0.25, 0.3) is 0 Å². The number of nitrogen functional groups attached to an aromatic ring is 1. The summed E-state index contributed by atoms with van der Waals surface area (Å²) >= 11 is 0. The third-order valence-electron chi connectivity index (χ3n) is 3.73. The third kappa shape index (κ3) is 3.00. The molecule has 4 heteroatoms. The second-order valence-electron chi connectivity index (χ2n) is 5.32. The van der Waals surface area contributed by atoms with Crippen LogP contribution in [0.1, 0.15) is 30.6 Å². The van der Waals surface area contributed by atoms with Gasteiger partial charge in [0, 0.05) is 13.6 Å². The van der Waals surface area contributed by atoms with Crippen LogP contribution >= 0.6 is 0 Å². The van der Waals surface area contributed by atoms with Crippen molar-refractivity contribution in [2.24, 2.45) is 11.8 Å². The van der Waals surface area contributed by atoms with E-state index < -0.39 is 0 Å². The number of ether oxygens (including phenoxy) is 1. The van der Waals surface area contributed by atoms with Gasteiger partial charge in [0.15, 0.2) is 0 Å². The van der Waals surface area contributed by atoms with Gasteiger partial charge in [-0.1, -0.05) is 13.0 Å². The first-order valence-electron chi connectivity index (χ1n) is 6.81. The van der Waals surface area contributed by atoms with E-state index >= 15 is 0 Å². The second kappa shape index (κ2) is 5.51. The SMILES string of the molecule is CCOC(=O)c1cccc(N)c1N(C)CC1CC1C. The number of esters is 1. The normalized spacial score (nSPS) is 21.0. The lowest BCUT2D eigenvalue weighted by Crippen LogP contribution is -2.24. The Hall–Kier alpha value is -1.71. The van der Waals surface area contributed by atoms with Gasteiger partial charge in [-0.2, -0.15) is 0 Å². The Morgan fingerprint density at radius 2 is 2.21 bits per heavy atom. The van der Waals surface area contributed by atoms with Crippen molar-refractivity contribution >= 4 is 17.3 Å². The van der Waals surface area contributed by atoms with Crippen LogP contribution in [0.5, 0.6) is 0 Å². The van der Waals surface area contributed by atoms with Crippen molar-refractivity contribution in [3.05, 3.63) is 23.8 Å². The molecule has 104 valence electrons. The molecule has 0 heterocycles. The van der Waals surface area contributed by atoms with Gasteiger partial charge in [-0.3, -0.25) is 0 Å². The van der Waals surface area contributed by atoms with E-state index in [0.29, 0.717) is 23.8 Å².